The van der Waals surface area contributed by atoms with Crippen LogP contribution in [-0.4, -0.2) is 38.5 Å². The molecule has 0 saturated heterocycles. The van der Waals surface area contributed by atoms with E-state index in [1.165, 1.54) is 12.1 Å². The fraction of sp³-hybridized carbons (Fsp3) is 0.538. The molecule has 0 amide bonds. The van der Waals surface area contributed by atoms with Gasteiger partial charge in [-0.1, -0.05) is 0 Å². The number of rotatable bonds is 10. The summed E-state index contributed by atoms with van der Waals surface area (Å²) in [6, 6.07) is 4.40. The van der Waals surface area contributed by atoms with Gasteiger partial charge in [-0.2, -0.15) is 0 Å². The van der Waals surface area contributed by atoms with Crippen LogP contribution in [0.4, 0.5) is 5.69 Å². The van der Waals surface area contributed by atoms with E-state index < -0.39 is 4.92 Å². The van der Waals surface area contributed by atoms with Crippen molar-refractivity contribution in [1.29, 1.82) is 0 Å². The zero-order valence-electron chi connectivity index (χ0n) is 11.3. The number of methoxy groups -OCH3 is 1. The lowest BCUT2D eigenvalue weighted by atomic mass is 10.2. The minimum atomic E-state index is -0.455. The topological polar surface area (TPSA) is 70.8 Å². The Kier molecular flexibility index (Phi) is 7.94. The monoisotopic (exact) mass is 303 g/mol. The van der Waals surface area contributed by atoms with E-state index in [1.54, 1.807) is 13.2 Å². The van der Waals surface area contributed by atoms with Crippen molar-refractivity contribution in [1.82, 2.24) is 0 Å². The maximum atomic E-state index is 10.7. The van der Waals surface area contributed by atoms with E-state index in [4.69, 9.17) is 25.8 Å². The largest absolute Gasteiger partial charge is 0.493 e. The van der Waals surface area contributed by atoms with Gasteiger partial charge in [-0.05, 0) is 6.07 Å². The second-order valence-corrected chi connectivity index (χ2v) is 4.26. The van der Waals surface area contributed by atoms with Crippen LogP contribution < -0.4 is 4.74 Å². The summed E-state index contributed by atoms with van der Waals surface area (Å²) in [4.78, 5) is 10.2. The Morgan fingerprint density at radius 1 is 1.25 bits per heavy atom. The Balaban J connectivity index is 2.38. The van der Waals surface area contributed by atoms with Crippen molar-refractivity contribution in [3.63, 3.8) is 0 Å². The number of non-ortho nitro benzene ring substituents is 1. The van der Waals surface area contributed by atoms with Crippen molar-refractivity contribution in [3.05, 3.63) is 33.9 Å². The van der Waals surface area contributed by atoms with Gasteiger partial charge in [0.05, 0.1) is 30.6 Å². The number of ether oxygens (including phenoxy) is 3. The number of benzene rings is 1. The third-order valence-electron chi connectivity index (χ3n) is 2.52. The van der Waals surface area contributed by atoms with Crippen molar-refractivity contribution >= 4 is 17.3 Å². The summed E-state index contributed by atoms with van der Waals surface area (Å²) in [5, 5.41) is 10.7. The van der Waals surface area contributed by atoms with Gasteiger partial charge in [-0.3, -0.25) is 10.1 Å². The summed E-state index contributed by atoms with van der Waals surface area (Å²) in [6.07, 6.45) is 0.725. The molecule has 1 aromatic rings. The molecule has 0 unspecified atom stereocenters. The maximum absolute atomic E-state index is 10.7. The molecular formula is C13H18ClNO5. The molecule has 0 N–H and O–H groups in total. The summed E-state index contributed by atoms with van der Waals surface area (Å²) in [6.45, 7) is 2.17. The van der Waals surface area contributed by atoms with Gasteiger partial charge >= 0.3 is 0 Å². The molecule has 0 bridgehead atoms. The van der Waals surface area contributed by atoms with Crippen molar-refractivity contribution in [2.75, 3.05) is 33.5 Å². The first-order valence-corrected chi connectivity index (χ1v) is 6.75. The average Bonchev–Trinajstić information content (AvgIpc) is 2.46. The molecule has 6 nitrogen and oxygen atoms in total. The first-order chi connectivity index (χ1) is 9.69. The number of nitrogens with zero attached hydrogens (tertiary/aromatic N) is 1. The minimum Gasteiger partial charge on any atom is -0.493 e. The van der Waals surface area contributed by atoms with Gasteiger partial charge in [-0.25, -0.2) is 0 Å². The molecule has 0 spiro atoms. The van der Waals surface area contributed by atoms with Crippen LogP contribution in [0.25, 0.3) is 0 Å². The van der Waals surface area contributed by atoms with Gasteiger partial charge in [-0.15, -0.1) is 11.6 Å². The molecule has 0 atom stereocenters. The van der Waals surface area contributed by atoms with E-state index in [0.717, 1.165) is 6.42 Å². The van der Waals surface area contributed by atoms with Crippen LogP contribution in [0.1, 0.15) is 12.0 Å². The molecule has 0 saturated carbocycles. The number of hydrogen-bond donors (Lipinski definition) is 0. The number of nitro groups is 1. The van der Waals surface area contributed by atoms with E-state index >= 15 is 0 Å². The second-order valence-electron chi connectivity index (χ2n) is 3.99. The molecule has 0 aromatic heterocycles. The smallest absolute Gasteiger partial charge is 0.270 e. The summed E-state index contributed by atoms with van der Waals surface area (Å²) >= 11 is 5.76. The van der Waals surface area contributed by atoms with Crippen molar-refractivity contribution in [2.45, 2.75) is 12.3 Å². The van der Waals surface area contributed by atoms with Gasteiger partial charge in [0.2, 0.25) is 0 Å². The fourth-order valence-corrected chi connectivity index (χ4v) is 1.72. The molecule has 7 heteroatoms. The third-order valence-corrected chi connectivity index (χ3v) is 2.81. The van der Waals surface area contributed by atoms with Gasteiger partial charge in [0.1, 0.15) is 5.75 Å². The minimum absolute atomic E-state index is 0.0101. The highest BCUT2D eigenvalue weighted by molar-refractivity contribution is 6.17. The number of nitro benzene ring substituents is 1. The molecule has 1 aromatic carbocycles. The molecule has 112 valence electrons. The Labute approximate surface area is 122 Å². The molecule has 20 heavy (non-hydrogen) atoms. The van der Waals surface area contributed by atoms with Crippen LogP contribution in [0.2, 0.25) is 0 Å². The zero-order chi connectivity index (χ0) is 14.8. The Bertz CT molecular complexity index is 427. The predicted octanol–water partition coefficient (Wildman–Crippen LogP) is 2.77. The fourth-order valence-electron chi connectivity index (χ4n) is 1.51. The van der Waals surface area contributed by atoms with E-state index in [0.29, 0.717) is 37.7 Å². The lowest BCUT2D eigenvalue weighted by molar-refractivity contribution is -0.384. The molecule has 0 radical (unpaired) electrons. The lowest BCUT2D eigenvalue weighted by Gasteiger charge is -2.10. The maximum Gasteiger partial charge on any atom is 0.270 e. The van der Waals surface area contributed by atoms with Crippen LogP contribution in [-0.2, 0) is 15.4 Å². The van der Waals surface area contributed by atoms with Gasteiger partial charge in [0, 0.05) is 37.8 Å². The molecule has 0 aliphatic rings. The van der Waals surface area contributed by atoms with Crippen LogP contribution in [0, 0.1) is 10.1 Å². The highest BCUT2D eigenvalue weighted by Crippen LogP contribution is 2.25. The molecule has 0 fully saturated rings. The number of halogens is 1. The first-order valence-electron chi connectivity index (χ1n) is 6.21. The molecule has 0 heterocycles. The van der Waals surface area contributed by atoms with E-state index in [9.17, 15) is 10.1 Å². The quantitative estimate of drug-likeness (QED) is 0.288. The van der Waals surface area contributed by atoms with Crippen LogP contribution >= 0.6 is 11.6 Å². The zero-order valence-corrected chi connectivity index (χ0v) is 12.1. The standard InChI is InChI=1S/C13H18ClNO5/c1-18-7-8-19-5-2-6-20-13-4-3-12(15(16)17)9-11(13)10-14/h3-4,9H,2,5-8,10H2,1H3. The Morgan fingerprint density at radius 3 is 2.70 bits per heavy atom. The second kappa shape index (κ2) is 9.52. The number of alkyl halides is 1. The van der Waals surface area contributed by atoms with Gasteiger partial charge in [0.25, 0.3) is 5.69 Å². The highest BCUT2D eigenvalue weighted by Gasteiger charge is 2.10. The van der Waals surface area contributed by atoms with E-state index in [2.05, 4.69) is 0 Å². The summed E-state index contributed by atoms with van der Waals surface area (Å²) in [5.74, 6) is 0.740. The van der Waals surface area contributed by atoms with Crippen molar-refractivity contribution < 1.29 is 19.1 Å². The summed E-state index contributed by atoms with van der Waals surface area (Å²) < 4.78 is 15.7. The van der Waals surface area contributed by atoms with Gasteiger partial charge in [0.15, 0.2) is 0 Å². The first kappa shape index (κ1) is 16.7. The van der Waals surface area contributed by atoms with Crippen LogP contribution in [0.5, 0.6) is 5.75 Å². The molecule has 0 aliphatic carbocycles. The molecule has 1 rings (SSSR count). The Morgan fingerprint density at radius 2 is 2.05 bits per heavy atom. The van der Waals surface area contributed by atoms with Gasteiger partial charge < -0.3 is 14.2 Å². The molecular weight excluding hydrogens is 286 g/mol. The van der Waals surface area contributed by atoms with Crippen molar-refractivity contribution in [2.24, 2.45) is 0 Å². The van der Waals surface area contributed by atoms with Crippen LogP contribution in [0.3, 0.4) is 0 Å². The molecule has 0 aliphatic heterocycles. The van der Waals surface area contributed by atoms with E-state index in [-0.39, 0.29) is 11.6 Å². The highest BCUT2D eigenvalue weighted by atomic mass is 35.5. The average molecular weight is 304 g/mol. The van der Waals surface area contributed by atoms with Crippen molar-refractivity contribution in [3.8, 4) is 5.75 Å². The van der Waals surface area contributed by atoms with Crippen LogP contribution in [0.15, 0.2) is 18.2 Å². The summed E-state index contributed by atoms with van der Waals surface area (Å²) in [7, 11) is 1.62. The lowest BCUT2D eigenvalue weighted by Crippen LogP contribution is -2.07. The summed E-state index contributed by atoms with van der Waals surface area (Å²) in [5.41, 5.74) is 0.622. The third kappa shape index (κ3) is 5.73. The SMILES string of the molecule is COCCOCCCOc1ccc([N+](=O)[O-])cc1CCl. The van der Waals surface area contributed by atoms with E-state index in [1.807, 2.05) is 0 Å². The normalized spacial score (nSPS) is 10.5. The number of hydrogen-bond acceptors (Lipinski definition) is 5. The predicted molar refractivity (Wildman–Crippen MR) is 75.5 cm³/mol. The Hall–Kier alpha value is -1.37.